The summed E-state index contributed by atoms with van der Waals surface area (Å²) in [6.07, 6.45) is 6.54. The van der Waals surface area contributed by atoms with E-state index in [1.54, 1.807) is 0 Å². The van der Waals surface area contributed by atoms with E-state index in [0.717, 1.165) is 18.8 Å². The number of hydrogen-bond donors (Lipinski definition) is 0. The molecule has 2 saturated heterocycles. The van der Waals surface area contributed by atoms with Crippen molar-refractivity contribution in [1.82, 2.24) is 4.90 Å². The Balaban J connectivity index is 1.39. The van der Waals surface area contributed by atoms with Gasteiger partial charge in [-0.1, -0.05) is 0 Å². The van der Waals surface area contributed by atoms with Crippen molar-refractivity contribution < 1.29 is 4.74 Å². The fourth-order valence-electron chi connectivity index (χ4n) is 3.21. The summed E-state index contributed by atoms with van der Waals surface area (Å²) in [5.74, 6) is 1.01. The number of likely N-dealkylation sites (tertiary alicyclic amines) is 1. The molecule has 0 spiro atoms. The number of benzene rings is 1. The smallest absolute Gasteiger partial charge is 0.119 e. The van der Waals surface area contributed by atoms with Crippen LogP contribution in [0.3, 0.4) is 0 Å². The van der Waals surface area contributed by atoms with Crippen LogP contribution < -0.4 is 9.64 Å². The molecule has 0 atom stereocenters. The van der Waals surface area contributed by atoms with Crippen molar-refractivity contribution in [3.63, 3.8) is 0 Å². The molecule has 2 fully saturated rings. The Morgan fingerprint density at radius 2 is 1.50 bits per heavy atom. The predicted molar refractivity (Wildman–Crippen MR) is 83.7 cm³/mol. The molecule has 0 unspecified atom stereocenters. The van der Waals surface area contributed by atoms with Gasteiger partial charge in [-0.3, -0.25) is 0 Å². The van der Waals surface area contributed by atoms with Crippen LogP contribution in [0.25, 0.3) is 0 Å². The standard InChI is InChI=1S/C17H26N2O/c1-2-11-18(10-1)12-5-15-20-17-8-6-16(7-9-17)19-13-3-4-14-19/h6-9H,1-5,10-15H2. The van der Waals surface area contributed by atoms with Gasteiger partial charge in [0.1, 0.15) is 5.75 Å². The molecule has 3 heteroatoms. The molecular formula is C17H26N2O. The third kappa shape index (κ3) is 3.66. The van der Waals surface area contributed by atoms with Crippen LogP contribution in [0.1, 0.15) is 32.1 Å². The van der Waals surface area contributed by atoms with Crippen LogP contribution in [0, 0.1) is 0 Å². The van der Waals surface area contributed by atoms with E-state index in [2.05, 4.69) is 34.1 Å². The van der Waals surface area contributed by atoms with Gasteiger partial charge >= 0.3 is 0 Å². The highest BCUT2D eigenvalue weighted by molar-refractivity contribution is 5.49. The lowest BCUT2D eigenvalue weighted by atomic mass is 10.3. The zero-order valence-electron chi connectivity index (χ0n) is 12.4. The van der Waals surface area contributed by atoms with Crippen LogP contribution in [0.5, 0.6) is 5.75 Å². The molecule has 0 bridgehead atoms. The minimum Gasteiger partial charge on any atom is -0.494 e. The fraction of sp³-hybridized carbons (Fsp3) is 0.647. The highest BCUT2D eigenvalue weighted by atomic mass is 16.5. The molecule has 2 aliphatic rings. The number of anilines is 1. The Labute approximate surface area is 122 Å². The number of ether oxygens (including phenoxy) is 1. The molecular weight excluding hydrogens is 248 g/mol. The lowest BCUT2D eigenvalue weighted by Crippen LogP contribution is -2.21. The zero-order chi connectivity index (χ0) is 13.6. The van der Waals surface area contributed by atoms with Gasteiger partial charge in [-0.2, -0.15) is 0 Å². The molecule has 110 valence electrons. The number of rotatable bonds is 6. The van der Waals surface area contributed by atoms with Crippen molar-refractivity contribution in [3.8, 4) is 5.75 Å². The molecule has 0 N–H and O–H groups in total. The molecule has 2 heterocycles. The summed E-state index contributed by atoms with van der Waals surface area (Å²) in [7, 11) is 0. The van der Waals surface area contributed by atoms with Crippen LogP contribution in [0.2, 0.25) is 0 Å². The SMILES string of the molecule is c1cc(N2CCCC2)ccc1OCCCN1CCCC1. The molecule has 3 nitrogen and oxygen atoms in total. The van der Waals surface area contributed by atoms with Crippen molar-refractivity contribution in [1.29, 1.82) is 0 Å². The Morgan fingerprint density at radius 3 is 2.20 bits per heavy atom. The molecule has 0 aliphatic carbocycles. The molecule has 3 rings (SSSR count). The first-order valence-electron chi connectivity index (χ1n) is 8.12. The third-order valence-corrected chi connectivity index (χ3v) is 4.39. The second-order valence-electron chi connectivity index (χ2n) is 5.94. The normalized spacial score (nSPS) is 19.7. The van der Waals surface area contributed by atoms with Crippen molar-refractivity contribution in [2.45, 2.75) is 32.1 Å². The second-order valence-corrected chi connectivity index (χ2v) is 5.94. The van der Waals surface area contributed by atoms with E-state index in [9.17, 15) is 0 Å². The molecule has 0 radical (unpaired) electrons. The summed E-state index contributed by atoms with van der Waals surface area (Å²) in [6, 6.07) is 8.62. The zero-order valence-corrected chi connectivity index (χ0v) is 12.4. The quantitative estimate of drug-likeness (QED) is 0.741. The van der Waals surface area contributed by atoms with Gasteiger partial charge in [-0.05, 0) is 69.5 Å². The topological polar surface area (TPSA) is 15.7 Å². The summed E-state index contributed by atoms with van der Waals surface area (Å²) in [6.45, 7) is 6.99. The van der Waals surface area contributed by atoms with Crippen molar-refractivity contribution in [3.05, 3.63) is 24.3 Å². The van der Waals surface area contributed by atoms with E-state index in [0.29, 0.717) is 0 Å². The van der Waals surface area contributed by atoms with Crippen LogP contribution in [0.15, 0.2) is 24.3 Å². The van der Waals surface area contributed by atoms with Gasteiger partial charge in [0.2, 0.25) is 0 Å². The summed E-state index contributed by atoms with van der Waals surface area (Å²) in [4.78, 5) is 5.00. The summed E-state index contributed by atoms with van der Waals surface area (Å²) in [5.41, 5.74) is 1.34. The maximum Gasteiger partial charge on any atom is 0.119 e. The minimum absolute atomic E-state index is 0.833. The van der Waals surface area contributed by atoms with E-state index < -0.39 is 0 Å². The molecule has 1 aromatic carbocycles. The van der Waals surface area contributed by atoms with Gasteiger partial charge in [0, 0.05) is 25.3 Å². The molecule has 0 aromatic heterocycles. The van der Waals surface area contributed by atoms with Gasteiger partial charge in [0.25, 0.3) is 0 Å². The van der Waals surface area contributed by atoms with E-state index in [1.165, 1.54) is 64.1 Å². The maximum absolute atomic E-state index is 5.84. The summed E-state index contributed by atoms with van der Waals surface area (Å²) in [5, 5.41) is 0. The van der Waals surface area contributed by atoms with Crippen LogP contribution >= 0.6 is 0 Å². The first-order chi connectivity index (χ1) is 9.92. The Hall–Kier alpha value is -1.22. The monoisotopic (exact) mass is 274 g/mol. The van der Waals surface area contributed by atoms with Crippen LogP contribution in [-0.2, 0) is 0 Å². The molecule has 20 heavy (non-hydrogen) atoms. The lowest BCUT2D eigenvalue weighted by Gasteiger charge is -2.18. The maximum atomic E-state index is 5.84. The lowest BCUT2D eigenvalue weighted by molar-refractivity contribution is 0.263. The highest BCUT2D eigenvalue weighted by Gasteiger charge is 2.12. The molecule has 2 aliphatic heterocycles. The highest BCUT2D eigenvalue weighted by Crippen LogP contribution is 2.23. The Morgan fingerprint density at radius 1 is 0.850 bits per heavy atom. The minimum atomic E-state index is 0.833. The number of nitrogens with zero attached hydrogens (tertiary/aromatic N) is 2. The van der Waals surface area contributed by atoms with E-state index in [1.807, 2.05) is 0 Å². The molecule has 1 aromatic rings. The molecule has 0 amide bonds. The summed E-state index contributed by atoms with van der Waals surface area (Å²) >= 11 is 0. The largest absolute Gasteiger partial charge is 0.494 e. The van der Waals surface area contributed by atoms with Crippen LogP contribution in [0.4, 0.5) is 5.69 Å². The van der Waals surface area contributed by atoms with Crippen molar-refractivity contribution in [2.24, 2.45) is 0 Å². The average molecular weight is 274 g/mol. The average Bonchev–Trinajstić information content (AvgIpc) is 3.17. The van der Waals surface area contributed by atoms with Gasteiger partial charge in [0.05, 0.1) is 6.61 Å². The second kappa shape index (κ2) is 6.98. The third-order valence-electron chi connectivity index (χ3n) is 4.39. The van der Waals surface area contributed by atoms with Gasteiger partial charge < -0.3 is 14.5 Å². The Kier molecular flexibility index (Phi) is 4.80. The van der Waals surface area contributed by atoms with E-state index in [-0.39, 0.29) is 0 Å². The van der Waals surface area contributed by atoms with Gasteiger partial charge in [-0.15, -0.1) is 0 Å². The Bertz CT molecular complexity index is 392. The van der Waals surface area contributed by atoms with Crippen LogP contribution in [-0.4, -0.2) is 44.2 Å². The van der Waals surface area contributed by atoms with Gasteiger partial charge in [-0.25, -0.2) is 0 Å². The summed E-state index contributed by atoms with van der Waals surface area (Å²) < 4.78 is 5.84. The molecule has 0 saturated carbocycles. The first-order valence-corrected chi connectivity index (χ1v) is 8.12. The van der Waals surface area contributed by atoms with Crippen molar-refractivity contribution in [2.75, 3.05) is 44.2 Å². The van der Waals surface area contributed by atoms with E-state index >= 15 is 0 Å². The van der Waals surface area contributed by atoms with Crippen molar-refractivity contribution >= 4 is 5.69 Å². The first kappa shape index (κ1) is 13.7. The predicted octanol–water partition coefficient (Wildman–Crippen LogP) is 3.15. The van der Waals surface area contributed by atoms with Gasteiger partial charge in [0.15, 0.2) is 0 Å². The fourth-order valence-corrected chi connectivity index (χ4v) is 3.21. The number of hydrogen-bond acceptors (Lipinski definition) is 3. The van der Waals surface area contributed by atoms with E-state index in [4.69, 9.17) is 4.74 Å².